The van der Waals surface area contributed by atoms with Crippen LogP contribution in [0.15, 0.2) is 4.99 Å². The second-order valence-corrected chi connectivity index (χ2v) is 2.87. The molecule has 3 nitrogen and oxygen atoms in total. The molecule has 0 aliphatic carbocycles. The highest BCUT2D eigenvalue weighted by atomic mass is 14.7. The zero-order valence-corrected chi connectivity index (χ0v) is 6.95. The van der Waals surface area contributed by atoms with E-state index in [0.717, 1.165) is 37.9 Å². The Labute approximate surface area is 72.3 Å². The van der Waals surface area contributed by atoms with Crippen molar-refractivity contribution >= 4 is 5.71 Å². The SMILES string of the molecule is N#CC(C#N)C1=NCCCCC1. The molecule has 0 saturated heterocycles. The van der Waals surface area contributed by atoms with Crippen molar-refractivity contribution in [3.8, 4) is 12.1 Å². The Morgan fingerprint density at radius 3 is 2.58 bits per heavy atom. The lowest BCUT2D eigenvalue weighted by atomic mass is 10.0. The van der Waals surface area contributed by atoms with Gasteiger partial charge in [-0.1, -0.05) is 6.42 Å². The van der Waals surface area contributed by atoms with Crippen molar-refractivity contribution in [3.63, 3.8) is 0 Å². The maximum Gasteiger partial charge on any atom is 0.170 e. The highest BCUT2D eigenvalue weighted by Gasteiger charge is 2.15. The van der Waals surface area contributed by atoms with Crippen molar-refractivity contribution in [1.82, 2.24) is 0 Å². The molecule has 12 heavy (non-hydrogen) atoms. The van der Waals surface area contributed by atoms with Gasteiger partial charge in [0.2, 0.25) is 0 Å². The molecule has 3 heteroatoms. The molecule has 1 aliphatic heterocycles. The van der Waals surface area contributed by atoms with Gasteiger partial charge < -0.3 is 0 Å². The lowest BCUT2D eigenvalue weighted by Crippen LogP contribution is -2.10. The normalized spacial score (nSPS) is 17.4. The first-order valence-corrected chi connectivity index (χ1v) is 4.21. The number of nitriles is 2. The highest BCUT2D eigenvalue weighted by molar-refractivity contribution is 5.91. The van der Waals surface area contributed by atoms with Crippen molar-refractivity contribution in [2.45, 2.75) is 25.7 Å². The van der Waals surface area contributed by atoms with E-state index in [-0.39, 0.29) is 0 Å². The highest BCUT2D eigenvalue weighted by Crippen LogP contribution is 2.12. The van der Waals surface area contributed by atoms with E-state index >= 15 is 0 Å². The Bertz CT molecular complexity index is 240. The van der Waals surface area contributed by atoms with Gasteiger partial charge in [0.15, 0.2) is 5.92 Å². The molecule has 0 bridgehead atoms. The van der Waals surface area contributed by atoms with E-state index in [2.05, 4.69) is 4.99 Å². The molecule has 0 N–H and O–H groups in total. The third-order valence-electron chi connectivity index (χ3n) is 2.00. The fraction of sp³-hybridized carbons (Fsp3) is 0.667. The van der Waals surface area contributed by atoms with Crippen molar-refractivity contribution in [2.75, 3.05) is 6.54 Å². The molecule has 0 radical (unpaired) electrons. The van der Waals surface area contributed by atoms with E-state index in [4.69, 9.17) is 10.5 Å². The van der Waals surface area contributed by atoms with E-state index in [1.54, 1.807) is 0 Å². The largest absolute Gasteiger partial charge is 0.292 e. The number of hydrogen-bond acceptors (Lipinski definition) is 3. The molecule has 0 fully saturated rings. The van der Waals surface area contributed by atoms with Crippen molar-refractivity contribution in [2.24, 2.45) is 10.9 Å². The summed E-state index contributed by atoms with van der Waals surface area (Å²) in [5.41, 5.74) is 0.789. The van der Waals surface area contributed by atoms with Crippen LogP contribution in [0.1, 0.15) is 25.7 Å². The van der Waals surface area contributed by atoms with Crippen molar-refractivity contribution in [3.05, 3.63) is 0 Å². The molecule has 0 aromatic heterocycles. The fourth-order valence-corrected chi connectivity index (χ4v) is 1.31. The Morgan fingerprint density at radius 1 is 1.17 bits per heavy atom. The first-order chi connectivity index (χ1) is 5.88. The summed E-state index contributed by atoms with van der Waals surface area (Å²) in [5.74, 6) is -0.608. The molecule has 0 unspecified atom stereocenters. The average molecular weight is 161 g/mol. The van der Waals surface area contributed by atoms with E-state index < -0.39 is 5.92 Å². The monoisotopic (exact) mass is 161 g/mol. The first kappa shape index (κ1) is 8.74. The average Bonchev–Trinajstić information content (AvgIpc) is 2.35. The van der Waals surface area contributed by atoms with Gasteiger partial charge in [0.05, 0.1) is 12.1 Å². The summed E-state index contributed by atoms with van der Waals surface area (Å²) in [6.45, 7) is 0.787. The van der Waals surface area contributed by atoms with Crippen LogP contribution in [0.4, 0.5) is 0 Å². The van der Waals surface area contributed by atoms with Crippen LogP contribution < -0.4 is 0 Å². The second-order valence-electron chi connectivity index (χ2n) is 2.87. The minimum Gasteiger partial charge on any atom is -0.292 e. The van der Waals surface area contributed by atoms with Gasteiger partial charge in [-0.2, -0.15) is 10.5 Å². The smallest absolute Gasteiger partial charge is 0.170 e. The van der Waals surface area contributed by atoms with Crippen LogP contribution in [-0.4, -0.2) is 12.3 Å². The molecule has 1 rings (SSSR count). The molecule has 0 amide bonds. The Balaban J connectivity index is 2.66. The minimum atomic E-state index is -0.608. The molecular weight excluding hydrogens is 150 g/mol. The summed E-state index contributed by atoms with van der Waals surface area (Å²) in [7, 11) is 0. The predicted octanol–water partition coefficient (Wildman–Crippen LogP) is 1.66. The van der Waals surface area contributed by atoms with Crippen LogP contribution in [0, 0.1) is 28.6 Å². The molecule has 0 saturated carbocycles. The second kappa shape index (κ2) is 4.51. The van der Waals surface area contributed by atoms with E-state index in [9.17, 15) is 0 Å². The molecule has 1 aliphatic rings. The zero-order valence-electron chi connectivity index (χ0n) is 6.95. The van der Waals surface area contributed by atoms with Crippen LogP contribution in [0.3, 0.4) is 0 Å². The van der Waals surface area contributed by atoms with Crippen LogP contribution in [0.2, 0.25) is 0 Å². The summed E-state index contributed by atoms with van der Waals surface area (Å²) in [5, 5.41) is 17.2. The number of aliphatic imine (C=N–C) groups is 1. The lowest BCUT2D eigenvalue weighted by Gasteiger charge is -2.01. The summed E-state index contributed by atoms with van der Waals surface area (Å²) in [6, 6.07) is 3.91. The Kier molecular flexibility index (Phi) is 3.29. The molecule has 1 heterocycles. The molecular formula is C9H11N3. The van der Waals surface area contributed by atoms with Gasteiger partial charge in [-0.3, -0.25) is 4.99 Å². The van der Waals surface area contributed by atoms with Crippen LogP contribution >= 0.6 is 0 Å². The predicted molar refractivity (Wildman–Crippen MR) is 45.5 cm³/mol. The van der Waals surface area contributed by atoms with Gasteiger partial charge in [-0.25, -0.2) is 0 Å². The van der Waals surface area contributed by atoms with E-state index in [0.29, 0.717) is 0 Å². The lowest BCUT2D eigenvalue weighted by molar-refractivity contribution is 0.730. The molecule has 0 aromatic carbocycles. The quantitative estimate of drug-likeness (QED) is 0.587. The maximum atomic E-state index is 8.62. The third-order valence-corrected chi connectivity index (χ3v) is 2.00. The number of nitrogens with zero attached hydrogens (tertiary/aromatic N) is 3. The van der Waals surface area contributed by atoms with Gasteiger partial charge in [0.1, 0.15) is 0 Å². The third kappa shape index (κ3) is 2.07. The summed E-state index contributed by atoms with van der Waals surface area (Å²) >= 11 is 0. The van der Waals surface area contributed by atoms with E-state index in [1.165, 1.54) is 0 Å². The van der Waals surface area contributed by atoms with E-state index in [1.807, 2.05) is 12.1 Å². The molecule has 0 spiro atoms. The molecule has 0 aromatic rings. The van der Waals surface area contributed by atoms with Crippen LogP contribution in [0.5, 0.6) is 0 Å². The number of rotatable bonds is 1. The van der Waals surface area contributed by atoms with Gasteiger partial charge in [0.25, 0.3) is 0 Å². The molecule has 62 valence electrons. The van der Waals surface area contributed by atoms with Crippen molar-refractivity contribution in [1.29, 1.82) is 10.5 Å². The minimum absolute atomic E-state index is 0.608. The number of hydrogen-bond donors (Lipinski definition) is 0. The first-order valence-electron chi connectivity index (χ1n) is 4.21. The molecule has 0 atom stereocenters. The van der Waals surface area contributed by atoms with Crippen LogP contribution in [0.25, 0.3) is 0 Å². The van der Waals surface area contributed by atoms with Gasteiger partial charge in [-0.05, 0) is 19.3 Å². The topological polar surface area (TPSA) is 59.9 Å². The van der Waals surface area contributed by atoms with Gasteiger partial charge in [-0.15, -0.1) is 0 Å². The summed E-state index contributed by atoms with van der Waals surface area (Å²) < 4.78 is 0. The van der Waals surface area contributed by atoms with Crippen LogP contribution in [-0.2, 0) is 0 Å². The Morgan fingerprint density at radius 2 is 1.92 bits per heavy atom. The summed E-state index contributed by atoms with van der Waals surface area (Å²) in [4.78, 5) is 4.24. The summed E-state index contributed by atoms with van der Waals surface area (Å²) in [6.07, 6.45) is 4.15. The Hall–Kier alpha value is -1.35. The zero-order chi connectivity index (χ0) is 8.81. The van der Waals surface area contributed by atoms with Gasteiger partial charge in [0, 0.05) is 12.3 Å². The fourth-order valence-electron chi connectivity index (χ4n) is 1.31. The van der Waals surface area contributed by atoms with Gasteiger partial charge >= 0.3 is 0 Å². The maximum absolute atomic E-state index is 8.62. The van der Waals surface area contributed by atoms with Crippen molar-refractivity contribution < 1.29 is 0 Å². The standard InChI is InChI=1S/C9H11N3/c10-6-8(7-11)9-4-2-1-3-5-12-9/h8H,1-5H2.